The van der Waals surface area contributed by atoms with E-state index in [4.69, 9.17) is 0 Å². The second-order valence-corrected chi connectivity index (χ2v) is 6.56. The van der Waals surface area contributed by atoms with E-state index in [-0.39, 0.29) is 11.8 Å². The van der Waals surface area contributed by atoms with Gasteiger partial charge >= 0.3 is 0 Å². The molecule has 0 N–H and O–H groups in total. The molecule has 0 spiro atoms. The molecule has 2 amide bonds. The number of benzene rings is 2. The zero-order valence-corrected chi connectivity index (χ0v) is 14.7. The van der Waals surface area contributed by atoms with Crippen molar-refractivity contribution in [1.29, 1.82) is 0 Å². The topological polar surface area (TPSA) is 40.6 Å². The van der Waals surface area contributed by atoms with Gasteiger partial charge < -0.3 is 9.80 Å². The van der Waals surface area contributed by atoms with Crippen LogP contribution in [-0.4, -0.2) is 37.4 Å². The molecule has 130 valence electrons. The summed E-state index contributed by atoms with van der Waals surface area (Å²) in [6.07, 6.45) is 1.63. The van der Waals surface area contributed by atoms with Crippen LogP contribution in [0.3, 0.4) is 0 Å². The maximum atomic E-state index is 13.6. The van der Waals surface area contributed by atoms with Gasteiger partial charge in [0.25, 0.3) is 11.8 Å². The molecule has 3 rings (SSSR count). The summed E-state index contributed by atoms with van der Waals surface area (Å²) in [6.45, 7) is 2.39. The summed E-state index contributed by atoms with van der Waals surface area (Å²) >= 11 is 0. The molecule has 0 aromatic heterocycles. The Labute approximate surface area is 146 Å². The number of nitrogens with zero attached hydrogens (tertiary/aromatic N) is 2. The molecule has 1 aliphatic rings. The van der Waals surface area contributed by atoms with Gasteiger partial charge in [0.15, 0.2) is 0 Å². The largest absolute Gasteiger partial charge is 0.345 e. The second kappa shape index (κ2) is 6.67. The summed E-state index contributed by atoms with van der Waals surface area (Å²) in [5.41, 5.74) is 3.51. The van der Waals surface area contributed by atoms with Crippen LogP contribution >= 0.6 is 0 Å². The fourth-order valence-electron chi connectivity index (χ4n) is 3.17. The highest BCUT2D eigenvalue weighted by atomic mass is 19.1. The van der Waals surface area contributed by atoms with E-state index in [1.165, 1.54) is 17.0 Å². The highest BCUT2D eigenvalue weighted by molar-refractivity contribution is 6.08. The molecule has 0 bridgehead atoms. The SMILES string of the molecule is Cc1ccc(F)cc1C(=O)N1CCCc2cc(C(=O)N(C)C)ccc21. The van der Waals surface area contributed by atoms with Crippen molar-refractivity contribution in [2.45, 2.75) is 19.8 Å². The summed E-state index contributed by atoms with van der Waals surface area (Å²) < 4.78 is 13.6. The Morgan fingerprint density at radius 1 is 1.12 bits per heavy atom. The minimum atomic E-state index is -0.418. The molecule has 0 saturated heterocycles. The van der Waals surface area contributed by atoms with Crippen LogP contribution in [0.1, 0.15) is 38.3 Å². The first-order chi connectivity index (χ1) is 11.9. The lowest BCUT2D eigenvalue weighted by molar-refractivity contribution is 0.0827. The van der Waals surface area contributed by atoms with Crippen LogP contribution in [0.15, 0.2) is 36.4 Å². The number of anilines is 1. The minimum absolute atomic E-state index is 0.0628. The number of carbonyl (C=O) groups is 2. The lowest BCUT2D eigenvalue weighted by Gasteiger charge is -2.30. The Hall–Kier alpha value is -2.69. The van der Waals surface area contributed by atoms with Gasteiger partial charge in [0.2, 0.25) is 0 Å². The maximum absolute atomic E-state index is 13.6. The van der Waals surface area contributed by atoms with E-state index in [1.807, 2.05) is 12.1 Å². The highest BCUT2D eigenvalue weighted by Gasteiger charge is 2.25. The molecule has 0 atom stereocenters. The third-order valence-electron chi connectivity index (χ3n) is 4.53. The van der Waals surface area contributed by atoms with E-state index in [9.17, 15) is 14.0 Å². The second-order valence-electron chi connectivity index (χ2n) is 6.56. The molecule has 4 nitrogen and oxygen atoms in total. The molecular formula is C20H21FN2O2. The minimum Gasteiger partial charge on any atom is -0.345 e. The van der Waals surface area contributed by atoms with Crippen molar-refractivity contribution >= 4 is 17.5 Å². The van der Waals surface area contributed by atoms with Crippen LogP contribution in [0.5, 0.6) is 0 Å². The number of carbonyl (C=O) groups excluding carboxylic acids is 2. The molecular weight excluding hydrogens is 319 g/mol. The zero-order valence-electron chi connectivity index (χ0n) is 14.7. The summed E-state index contributed by atoms with van der Waals surface area (Å²) in [5, 5.41) is 0. The van der Waals surface area contributed by atoms with Crippen molar-refractivity contribution < 1.29 is 14.0 Å². The van der Waals surface area contributed by atoms with Gasteiger partial charge in [-0.25, -0.2) is 4.39 Å². The average Bonchev–Trinajstić information content (AvgIpc) is 2.61. The van der Waals surface area contributed by atoms with Crippen LogP contribution < -0.4 is 4.90 Å². The van der Waals surface area contributed by atoms with Crippen LogP contribution in [0.4, 0.5) is 10.1 Å². The van der Waals surface area contributed by atoms with E-state index in [1.54, 1.807) is 38.1 Å². The van der Waals surface area contributed by atoms with Gasteiger partial charge in [0.05, 0.1) is 0 Å². The number of halogens is 1. The molecule has 25 heavy (non-hydrogen) atoms. The van der Waals surface area contributed by atoms with Crippen molar-refractivity contribution in [3.63, 3.8) is 0 Å². The Balaban J connectivity index is 1.98. The highest BCUT2D eigenvalue weighted by Crippen LogP contribution is 2.30. The summed E-state index contributed by atoms with van der Waals surface area (Å²) in [6, 6.07) is 9.68. The number of aryl methyl sites for hydroxylation is 2. The molecule has 0 unspecified atom stereocenters. The molecule has 2 aromatic carbocycles. The van der Waals surface area contributed by atoms with Gasteiger partial charge in [-0.2, -0.15) is 0 Å². The first-order valence-electron chi connectivity index (χ1n) is 8.31. The van der Waals surface area contributed by atoms with Gasteiger partial charge in [-0.3, -0.25) is 9.59 Å². The Kier molecular flexibility index (Phi) is 4.57. The predicted octanol–water partition coefficient (Wildman–Crippen LogP) is 3.43. The quantitative estimate of drug-likeness (QED) is 0.840. The van der Waals surface area contributed by atoms with Gasteiger partial charge in [-0.1, -0.05) is 6.07 Å². The molecule has 5 heteroatoms. The molecule has 0 aliphatic carbocycles. The summed E-state index contributed by atoms with van der Waals surface area (Å²) in [4.78, 5) is 28.3. The molecule has 0 radical (unpaired) electrons. The predicted molar refractivity (Wildman–Crippen MR) is 95.6 cm³/mol. The average molecular weight is 340 g/mol. The van der Waals surface area contributed by atoms with E-state index >= 15 is 0 Å². The number of fused-ring (bicyclic) bond motifs is 1. The van der Waals surface area contributed by atoms with E-state index < -0.39 is 5.82 Å². The van der Waals surface area contributed by atoms with Crippen molar-refractivity contribution in [2.75, 3.05) is 25.5 Å². The van der Waals surface area contributed by atoms with Gasteiger partial charge in [-0.05, 0) is 61.2 Å². The van der Waals surface area contributed by atoms with Gasteiger partial charge in [0, 0.05) is 37.5 Å². The van der Waals surface area contributed by atoms with E-state index in [2.05, 4.69) is 0 Å². The first kappa shape index (κ1) is 17.1. The third-order valence-corrected chi connectivity index (χ3v) is 4.53. The lowest BCUT2D eigenvalue weighted by Crippen LogP contribution is -2.36. The summed E-state index contributed by atoms with van der Waals surface area (Å²) in [5.74, 6) is -0.685. The zero-order chi connectivity index (χ0) is 18.1. The molecule has 1 aliphatic heterocycles. The van der Waals surface area contributed by atoms with Gasteiger partial charge in [0.1, 0.15) is 5.82 Å². The number of hydrogen-bond donors (Lipinski definition) is 0. The van der Waals surface area contributed by atoms with E-state index in [0.717, 1.165) is 29.7 Å². The maximum Gasteiger partial charge on any atom is 0.258 e. The van der Waals surface area contributed by atoms with Crippen molar-refractivity contribution in [2.24, 2.45) is 0 Å². The molecule has 0 saturated carbocycles. The van der Waals surface area contributed by atoms with Crippen LogP contribution in [0, 0.1) is 12.7 Å². The third kappa shape index (κ3) is 3.27. The van der Waals surface area contributed by atoms with Crippen LogP contribution in [0.2, 0.25) is 0 Å². The fourth-order valence-corrected chi connectivity index (χ4v) is 3.17. The standard InChI is InChI=1S/C20H21FN2O2/c1-13-6-8-16(21)12-17(13)20(25)23-10-4-5-14-11-15(7-9-18(14)23)19(24)22(2)3/h6-9,11-12H,4-5,10H2,1-3H3. The van der Waals surface area contributed by atoms with Crippen molar-refractivity contribution in [1.82, 2.24) is 4.90 Å². The Morgan fingerprint density at radius 3 is 2.60 bits per heavy atom. The fraction of sp³-hybridized carbons (Fsp3) is 0.300. The smallest absolute Gasteiger partial charge is 0.258 e. The van der Waals surface area contributed by atoms with Crippen molar-refractivity contribution in [3.05, 3.63) is 64.5 Å². The number of amides is 2. The summed E-state index contributed by atoms with van der Waals surface area (Å²) in [7, 11) is 3.43. The molecule has 2 aromatic rings. The first-order valence-corrected chi connectivity index (χ1v) is 8.31. The Bertz CT molecular complexity index is 846. The number of hydrogen-bond acceptors (Lipinski definition) is 2. The lowest BCUT2D eigenvalue weighted by atomic mass is 9.97. The molecule has 1 heterocycles. The number of rotatable bonds is 2. The van der Waals surface area contributed by atoms with Gasteiger partial charge in [-0.15, -0.1) is 0 Å². The van der Waals surface area contributed by atoms with Crippen LogP contribution in [-0.2, 0) is 6.42 Å². The normalized spacial score (nSPS) is 13.4. The molecule has 0 fully saturated rings. The monoisotopic (exact) mass is 340 g/mol. The van der Waals surface area contributed by atoms with Crippen molar-refractivity contribution in [3.8, 4) is 0 Å². The Morgan fingerprint density at radius 2 is 1.88 bits per heavy atom. The van der Waals surface area contributed by atoms with E-state index in [0.29, 0.717) is 17.7 Å². The van der Waals surface area contributed by atoms with Crippen LogP contribution in [0.25, 0.3) is 0 Å².